The molecule has 1 saturated heterocycles. The average molecular weight is 402 g/mol. The molecule has 5 nitrogen and oxygen atoms in total. The normalized spacial score (nSPS) is 15.0. The summed E-state index contributed by atoms with van der Waals surface area (Å²) < 4.78 is 5.29. The number of anilines is 1. The molecule has 154 valence electrons. The Morgan fingerprint density at radius 2 is 1.53 bits per heavy atom. The summed E-state index contributed by atoms with van der Waals surface area (Å²) in [5.41, 5.74) is 3.45. The number of aromatic nitrogens is 1. The van der Waals surface area contributed by atoms with Gasteiger partial charge in [-0.25, -0.2) is 0 Å². The fourth-order valence-electron chi connectivity index (χ4n) is 4.02. The minimum absolute atomic E-state index is 0.0304. The summed E-state index contributed by atoms with van der Waals surface area (Å²) in [6, 6.07) is 22.4. The topological polar surface area (TPSA) is 45.7 Å². The van der Waals surface area contributed by atoms with Gasteiger partial charge in [-0.05, 0) is 35.4 Å². The van der Waals surface area contributed by atoms with Crippen molar-refractivity contribution in [3.63, 3.8) is 0 Å². The first-order chi connectivity index (χ1) is 14.7. The monoisotopic (exact) mass is 401 g/mol. The van der Waals surface area contributed by atoms with Crippen LogP contribution in [0, 0.1) is 0 Å². The number of nitrogens with zero attached hydrogens (tertiary/aromatic N) is 3. The molecule has 30 heavy (non-hydrogen) atoms. The maximum atomic E-state index is 13.2. The molecule has 1 aliphatic rings. The van der Waals surface area contributed by atoms with Gasteiger partial charge in [0.1, 0.15) is 5.75 Å². The predicted octanol–water partition coefficient (Wildman–Crippen LogP) is 3.96. The lowest BCUT2D eigenvalue weighted by Gasteiger charge is -2.36. The van der Waals surface area contributed by atoms with Crippen LogP contribution in [-0.4, -0.2) is 49.1 Å². The first-order valence-corrected chi connectivity index (χ1v) is 10.4. The Labute approximate surface area is 177 Å². The van der Waals surface area contributed by atoms with Crippen molar-refractivity contribution in [3.8, 4) is 5.75 Å². The fraction of sp³-hybridized carbons (Fsp3) is 0.280. The third kappa shape index (κ3) is 4.62. The maximum Gasteiger partial charge on any atom is 0.223 e. The molecule has 1 aromatic heterocycles. The molecule has 0 radical (unpaired) electrons. The van der Waals surface area contributed by atoms with E-state index in [1.54, 1.807) is 7.11 Å². The molecule has 0 spiro atoms. The standard InChI is InChI=1S/C25H27N3O2/c1-30-23-9-7-21(8-10-23)24(20-5-3-2-4-6-20)19-25(29)28-17-15-27(16-18-28)22-11-13-26-14-12-22/h2-14,24H,15-19H2,1H3/t24-/m1/s1. The number of carbonyl (C=O) groups is 1. The summed E-state index contributed by atoms with van der Waals surface area (Å²) in [6.07, 6.45) is 4.09. The number of ether oxygens (including phenoxy) is 1. The molecule has 5 heteroatoms. The van der Waals surface area contributed by atoms with Gasteiger partial charge in [0, 0.05) is 56.6 Å². The van der Waals surface area contributed by atoms with E-state index in [9.17, 15) is 4.79 Å². The van der Waals surface area contributed by atoms with E-state index in [-0.39, 0.29) is 11.8 Å². The van der Waals surface area contributed by atoms with Crippen LogP contribution in [0.5, 0.6) is 5.75 Å². The molecule has 3 aromatic rings. The first kappa shape index (κ1) is 20.0. The van der Waals surface area contributed by atoms with Crippen LogP contribution in [0.15, 0.2) is 79.1 Å². The van der Waals surface area contributed by atoms with Gasteiger partial charge in [-0.1, -0.05) is 42.5 Å². The van der Waals surface area contributed by atoms with Crippen LogP contribution in [0.25, 0.3) is 0 Å². The van der Waals surface area contributed by atoms with Gasteiger partial charge < -0.3 is 14.5 Å². The second-order valence-corrected chi connectivity index (χ2v) is 7.51. The van der Waals surface area contributed by atoms with Gasteiger partial charge in [-0.15, -0.1) is 0 Å². The zero-order chi connectivity index (χ0) is 20.8. The molecular formula is C25H27N3O2. The number of rotatable bonds is 6. The Kier molecular flexibility index (Phi) is 6.28. The zero-order valence-electron chi connectivity index (χ0n) is 17.3. The molecule has 4 rings (SSSR count). The third-order valence-electron chi connectivity index (χ3n) is 5.76. The number of pyridine rings is 1. The highest BCUT2D eigenvalue weighted by Gasteiger charge is 2.25. The summed E-state index contributed by atoms with van der Waals surface area (Å²) in [4.78, 5) is 21.6. The quantitative estimate of drug-likeness (QED) is 0.627. The van der Waals surface area contributed by atoms with Gasteiger partial charge >= 0.3 is 0 Å². The zero-order valence-corrected chi connectivity index (χ0v) is 17.3. The van der Waals surface area contributed by atoms with E-state index in [2.05, 4.69) is 34.1 Å². The van der Waals surface area contributed by atoms with E-state index in [4.69, 9.17) is 4.74 Å². The van der Waals surface area contributed by atoms with Gasteiger partial charge in [0.15, 0.2) is 0 Å². The van der Waals surface area contributed by atoms with E-state index >= 15 is 0 Å². The Hall–Kier alpha value is -3.34. The SMILES string of the molecule is COc1ccc([C@H](CC(=O)N2CCN(c3ccncc3)CC2)c2ccccc2)cc1. The minimum Gasteiger partial charge on any atom is -0.497 e. The van der Waals surface area contributed by atoms with Crippen molar-refractivity contribution in [1.29, 1.82) is 0 Å². The van der Waals surface area contributed by atoms with Crippen molar-refractivity contribution < 1.29 is 9.53 Å². The largest absolute Gasteiger partial charge is 0.497 e. The van der Waals surface area contributed by atoms with Crippen LogP contribution in [0.4, 0.5) is 5.69 Å². The van der Waals surface area contributed by atoms with Crippen molar-refractivity contribution >= 4 is 11.6 Å². The molecule has 1 amide bonds. The minimum atomic E-state index is 0.0304. The molecule has 0 unspecified atom stereocenters. The Balaban J connectivity index is 1.45. The Morgan fingerprint density at radius 1 is 0.900 bits per heavy atom. The van der Waals surface area contributed by atoms with E-state index < -0.39 is 0 Å². The van der Waals surface area contributed by atoms with E-state index in [0.29, 0.717) is 6.42 Å². The number of benzene rings is 2. The summed E-state index contributed by atoms with van der Waals surface area (Å²) in [6.45, 7) is 3.17. The maximum absolute atomic E-state index is 13.2. The smallest absolute Gasteiger partial charge is 0.223 e. The molecule has 1 atom stereocenters. The number of hydrogen-bond donors (Lipinski definition) is 0. The summed E-state index contributed by atoms with van der Waals surface area (Å²) >= 11 is 0. The lowest BCUT2D eigenvalue weighted by atomic mass is 9.88. The van der Waals surface area contributed by atoms with Crippen molar-refractivity contribution in [2.75, 3.05) is 38.2 Å². The summed E-state index contributed by atoms with van der Waals surface area (Å²) in [5, 5.41) is 0. The lowest BCUT2D eigenvalue weighted by Crippen LogP contribution is -2.49. The highest BCUT2D eigenvalue weighted by atomic mass is 16.5. The van der Waals surface area contributed by atoms with Gasteiger partial charge in [0.25, 0.3) is 0 Å². The summed E-state index contributed by atoms with van der Waals surface area (Å²) in [5.74, 6) is 1.06. The van der Waals surface area contributed by atoms with Gasteiger partial charge in [-0.2, -0.15) is 0 Å². The van der Waals surface area contributed by atoms with Crippen LogP contribution in [0.3, 0.4) is 0 Å². The Morgan fingerprint density at radius 3 is 2.17 bits per heavy atom. The Bertz CT molecular complexity index is 937. The molecule has 0 saturated carbocycles. The van der Waals surface area contributed by atoms with Crippen LogP contribution in [0.2, 0.25) is 0 Å². The highest BCUT2D eigenvalue weighted by Crippen LogP contribution is 2.30. The van der Waals surface area contributed by atoms with Crippen molar-refractivity contribution in [2.24, 2.45) is 0 Å². The number of hydrogen-bond acceptors (Lipinski definition) is 4. The highest BCUT2D eigenvalue weighted by molar-refractivity contribution is 5.78. The van der Waals surface area contributed by atoms with Crippen LogP contribution < -0.4 is 9.64 Å². The van der Waals surface area contributed by atoms with E-state index in [0.717, 1.165) is 48.7 Å². The van der Waals surface area contributed by atoms with E-state index in [1.165, 1.54) is 0 Å². The molecule has 2 heterocycles. The second kappa shape index (κ2) is 9.44. The fourth-order valence-corrected chi connectivity index (χ4v) is 4.02. The van der Waals surface area contributed by atoms with Crippen molar-refractivity contribution in [2.45, 2.75) is 12.3 Å². The molecule has 0 aliphatic carbocycles. The number of carbonyl (C=O) groups excluding carboxylic acids is 1. The van der Waals surface area contributed by atoms with Gasteiger partial charge in [0.05, 0.1) is 7.11 Å². The van der Waals surface area contributed by atoms with E-state index in [1.807, 2.05) is 59.8 Å². The summed E-state index contributed by atoms with van der Waals surface area (Å²) in [7, 11) is 1.67. The van der Waals surface area contributed by atoms with Crippen molar-refractivity contribution in [3.05, 3.63) is 90.3 Å². The number of amides is 1. The first-order valence-electron chi connectivity index (χ1n) is 10.4. The molecule has 1 fully saturated rings. The van der Waals surface area contributed by atoms with Crippen LogP contribution >= 0.6 is 0 Å². The number of methoxy groups -OCH3 is 1. The third-order valence-corrected chi connectivity index (χ3v) is 5.76. The lowest BCUT2D eigenvalue weighted by molar-refractivity contribution is -0.131. The average Bonchev–Trinajstić information content (AvgIpc) is 2.84. The van der Waals surface area contributed by atoms with Crippen LogP contribution in [0.1, 0.15) is 23.5 Å². The van der Waals surface area contributed by atoms with Gasteiger partial charge in [0.2, 0.25) is 5.91 Å². The predicted molar refractivity (Wildman–Crippen MR) is 119 cm³/mol. The molecule has 2 aromatic carbocycles. The van der Waals surface area contributed by atoms with Gasteiger partial charge in [-0.3, -0.25) is 9.78 Å². The molecule has 0 bridgehead atoms. The molecule has 1 aliphatic heterocycles. The van der Waals surface area contributed by atoms with Crippen LogP contribution in [-0.2, 0) is 4.79 Å². The van der Waals surface area contributed by atoms with Crippen molar-refractivity contribution in [1.82, 2.24) is 9.88 Å². The molecule has 0 N–H and O–H groups in total. The molecular weight excluding hydrogens is 374 g/mol. The second-order valence-electron chi connectivity index (χ2n) is 7.51. The number of piperazine rings is 1.